The van der Waals surface area contributed by atoms with Gasteiger partial charge in [0.25, 0.3) is 0 Å². The highest BCUT2D eigenvalue weighted by Crippen LogP contribution is 2.24. The summed E-state index contributed by atoms with van der Waals surface area (Å²) in [5, 5.41) is 13.5. The molecule has 1 amide bonds. The normalized spacial score (nSPS) is 10.8. The molecular weight excluding hydrogens is 342 g/mol. The Morgan fingerprint density at radius 1 is 1.24 bits per heavy atom. The van der Waals surface area contributed by atoms with Crippen LogP contribution in [0.2, 0.25) is 5.02 Å². The molecule has 0 fully saturated rings. The van der Waals surface area contributed by atoms with Gasteiger partial charge >= 0.3 is 5.63 Å². The number of aromatic hydroxyl groups is 1. The molecule has 3 rings (SSSR count). The predicted molar refractivity (Wildman–Crippen MR) is 97.3 cm³/mol. The summed E-state index contributed by atoms with van der Waals surface area (Å²) in [4.78, 5) is 24.3. The van der Waals surface area contributed by atoms with E-state index in [9.17, 15) is 14.7 Å². The van der Waals surface area contributed by atoms with Crippen LogP contribution in [-0.4, -0.2) is 11.0 Å². The highest BCUT2D eigenvalue weighted by molar-refractivity contribution is 6.30. The summed E-state index contributed by atoms with van der Waals surface area (Å²) in [6.07, 6.45) is 0.402. The smallest absolute Gasteiger partial charge is 0.339 e. The molecule has 1 aromatic heterocycles. The Bertz CT molecular complexity index is 1010. The van der Waals surface area contributed by atoms with E-state index < -0.39 is 5.63 Å². The molecule has 0 saturated carbocycles. The average molecular weight is 358 g/mol. The number of hydrogen-bond donors (Lipinski definition) is 2. The zero-order chi connectivity index (χ0) is 18.0. The van der Waals surface area contributed by atoms with Gasteiger partial charge in [0.15, 0.2) is 0 Å². The lowest BCUT2D eigenvalue weighted by Gasteiger charge is -2.09. The Morgan fingerprint density at radius 2 is 2.04 bits per heavy atom. The quantitative estimate of drug-likeness (QED) is 0.691. The van der Waals surface area contributed by atoms with Crippen LogP contribution in [0.25, 0.3) is 11.0 Å². The van der Waals surface area contributed by atoms with E-state index in [1.807, 2.05) is 0 Å². The number of benzene rings is 2. The fourth-order valence-electron chi connectivity index (χ4n) is 2.70. The topological polar surface area (TPSA) is 79.5 Å². The van der Waals surface area contributed by atoms with Gasteiger partial charge in [-0.25, -0.2) is 4.79 Å². The fraction of sp³-hybridized carbons (Fsp3) is 0.158. The van der Waals surface area contributed by atoms with Crippen molar-refractivity contribution in [2.45, 2.75) is 19.8 Å². The summed E-state index contributed by atoms with van der Waals surface area (Å²) in [6.45, 7) is 1.81. The molecule has 0 atom stereocenters. The lowest BCUT2D eigenvalue weighted by atomic mass is 10.0. The minimum absolute atomic E-state index is 0.0312. The Labute approximate surface area is 148 Å². The van der Waals surface area contributed by atoms with Gasteiger partial charge in [-0.15, -0.1) is 0 Å². The summed E-state index contributed by atoms with van der Waals surface area (Å²) < 4.78 is 5.26. The molecule has 2 aromatic carbocycles. The van der Waals surface area contributed by atoms with Gasteiger partial charge in [0.2, 0.25) is 5.91 Å². The van der Waals surface area contributed by atoms with Crippen molar-refractivity contribution in [3.8, 4) is 5.75 Å². The van der Waals surface area contributed by atoms with Crippen molar-refractivity contribution in [1.29, 1.82) is 0 Å². The minimum atomic E-state index is -0.494. The van der Waals surface area contributed by atoms with Gasteiger partial charge in [-0.1, -0.05) is 17.7 Å². The van der Waals surface area contributed by atoms with Gasteiger partial charge in [-0.2, -0.15) is 0 Å². The number of anilines is 1. The second-order valence-corrected chi connectivity index (χ2v) is 6.17. The lowest BCUT2D eigenvalue weighted by Crippen LogP contribution is -2.16. The summed E-state index contributed by atoms with van der Waals surface area (Å²) in [6, 6.07) is 11.5. The van der Waals surface area contributed by atoms with Gasteiger partial charge in [0.1, 0.15) is 11.3 Å². The summed E-state index contributed by atoms with van der Waals surface area (Å²) in [7, 11) is 0. The van der Waals surface area contributed by atoms with Crippen molar-refractivity contribution in [1.82, 2.24) is 0 Å². The molecule has 128 valence electrons. The number of nitrogens with one attached hydrogen (secondary N) is 1. The number of rotatable bonds is 4. The molecule has 0 bridgehead atoms. The molecule has 0 saturated heterocycles. The Balaban J connectivity index is 1.78. The molecule has 1 heterocycles. The molecule has 0 aliphatic carbocycles. The van der Waals surface area contributed by atoms with Crippen molar-refractivity contribution in [2.24, 2.45) is 0 Å². The second-order valence-electron chi connectivity index (χ2n) is 5.73. The van der Waals surface area contributed by atoms with Gasteiger partial charge in [0.05, 0.1) is 0 Å². The molecule has 2 N–H and O–H groups in total. The van der Waals surface area contributed by atoms with E-state index >= 15 is 0 Å². The second kappa shape index (κ2) is 6.99. The molecule has 25 heavy (non-hydrogen) atoms. The largest absolute Gasteiger partial charge is 0.508 e. The first-order valence-electron chi connectivity index (χ1n) is 7.75. The summed E-state index contributed by atoms with van der Waals surface area (Å²) in [5.41, 5.74) is 1.65. The van der Waals surface area contributed by atoms with Crippen LogP contribution in [0.15, 0.2) is 51.7 Å². The van der Waals surface area contributed by atoms with E-state index in [2.05, 4.69) is 5.32 Å². The SMILES string of the molecule is Cc1c(CCC(=O)Nc2cccc(Cl)c2)c(=O)oc2cc(O)ccc12. The average Bonchev–Trinajstić information content (AvgIpc) is 2.54. The highest BCUT2D eigenvalue weighted by Gasteiger charge is 2.13. The number of halogens is 1. The first-order valence-corrected chi connectivity index (χ1v) is 8.12. The van der Waals surface area contributed by atoms with Crippen molar-refractivity contribution in [3.63, 3.8) is 0 Å². The number of fused-ring (bicyclic) bond motifs is 1. The van der Waals surface area contributed by atoms with Crippen molar-refractivity contribution in [3.05, 3.63) is 69.0 Å². The Hall–Kier alpha value is -2.79. The van der Waals surface area contributed by atoms with E-state index in [-0.39, 0.29) is 24.5 Å². The van der Waals surface area contributed by atoms with Crippen LogP contribution in [0.5, 0.6) is 5.75 Å². The molecule has 0 radical (unpaired) electrons. The van der Waals surface area contributed by atoms with Crippen molar-refractivity contribution in [2.75, 3.05) is 5.32 Å². The van der Waals surface area contributed by atoms with Gasteiger partial charge in [0, 0.05) is 34.1 Å². The lowest BCUT2D eigenvalue weighted by molar-refractivity contribution is -0.116. The number of phenols is 1. The number of phenolic OH excluding ortho intramolecular Hbond substituents is 1. The molecule has 6 heteroatoms. The van der Waals surface area contributed by atoms with Crippen molar-refractivity contribution < 1.29 is 14.3 Å². The van der Waals surface area contributed by atoms with Gasteiger partial charge < -0.3 is 14.8 Å². The first kappa shape index (κ1) is 17.0. The highest BCUT2D eigenvalue weighted by atomic mass is 35.5. The van der Waals surface area contributed by atoms with Crippen LogP contribution in [-0.2, 0) is 11.2 Å². The maximum atomic E-state index is 12.2. The molecule has 5 nitrogen and oxygen atoms in total. The third-order valence-corrected chi connectivity index (χ3v) is 4.22. The zero-order valence-electron chi connectivity index (χ0n) is 13.5. The third kappa shape index (κ3) is 3.83. The van der Waals surface area contributed by atoms with E-state index in [0.29, 0.717) is 21.9 Å². The van der Waals surface area contributed by atoms with Crippen LogP contribution < -0.4 is 10.9 Å². The molecule has 0 aliphatic heterocycles. The maximum absolute atomic E-state index is 12.2. The molecule has 0 aliphatic rings. The van der Waals surface area contributed by atoms with E-state index in [1.54, 1.807) is 37.3 Å². The van der Waals surface area contributed by atoms with Crippen LogP contribution in [0.1, 0.15) is 17.5 Å². The van der Waals surface area contributed by atoms with Crippen molar-refractivity contribution >= 4 is 34.2 Å². The monoisotopic (exact) mass is 357 g/mol. The number of hydrogen-bond acceptors (Lipinski definition) is 4. The minimum Gasteiger partial charge on any atom is -0.508 e. The van der Waals surface area contributed by atoms with Crippen LogP contribution >= 0.6 is 11.6 Å². The molecule has 3 aromatic rings. The number of aryl methyl sites for hydroxylation is 1. The number of carbonyl (C=O) groups excluding carboxylic acids is 1. The van der Waals surface area contributed by atoms with Gasteiger partial charge in [-0.05, 0) is 49.2 Å². The van der Waals surface area contributed by atoms with Crippen LogP contribution in [0.3, 0.4) is 0 Å². The standard InChI is InChI=1S/C19H16ClNO4/c1-11-15-6-5-14(22)10-17(15)25-19(24)16(11)7-8-18(23)21-13-4-2-3-12(20)9-13/h2-6,9-10,22H,7-8H2,1H3,(H,21,23). The maximum Gasteiger partial charge on any atom is 0.339 e. The van der Waals surface area contributed by atoms with Gasteiger partial charge in [-0.3, -0.25) is 4.79 Å². The Morgan fingerprint density at radius 3 is 2.80 bits per heavy atom. The number of carbonyl (C=O) groups is 1. The van der Waals surface area contributed by atoms with Crippen LogP contribution in [0, 0.1) is 6.92 Å². The first-order chi connectivity index (χ1) is 11.9. The Kier molecular flexibility index (Phi) is 4.76. The fourth-order valence-corrected chi connectivity index (χ4v) is 2.89. The van der Waals surface area contributed by atoms with E-state index in [4.69, 9.17) is 16.0 Å². The van der Waals surface area contributed by atoms with E-state index in [1.165, 1.54) is 12.1 Å². The summed E-state index contributed by atoms with van der Waals surface area (Å²) in [5.74, 6) is -0.185. The zero-order valence-corrected chi connectivity index (χ0v) is 14.3. The molecule has 0 spiro atoms. The van der Waals surface area contributed by atoms with E-state index in [0.717, 1.165) is 10.9 Å². The predicted octanol–water partition coefficient (Wildman–Crippen LogP) is 4.03. The summed E-state index contributed by atoms with van der Waals surface area (Å²) >= 11 is 5.89. The van der Waals surface area contributed by atoms with Crippen LogP contribution in [0.4, 0.5) is 5.69 Å². The molecular formula is C19H16ClNO4. The number of amides is 1. The molecule has 0 unspecified atom stereocenters. The third-order valence-electron chi connectivity index (χ3n) is 3.98.